The number of rotatable bonds is 6. The standard InChI is InChI=1S/C27H29NO2/c1-19-10-6-9-15-25(19)26(22-12-4-3-5-13-22)28-27(29)20(2)30-24-17-16-21-11-7-8-14-23(21)18-24/h3-6,9-10,12-13,15-18,20,26H,7-8,11,14H2,1-2H3,(H,28,29)/t20-,26-/m1/s1. The van der Waals surface area contributed by atoms with E-state index in [4.69, 9.17) is 4.74 Å². The van der Waals surface area contributed by atoms with E-state index < -0.39 is 6.10 Å². The number of carbonyl (C=O) groups excluding carboxylic acids is 1. The van der Waals surface area contributed by atoms with Crippen LogP contribution in [-0.4, -0.2) is 12.0 Å². The molecule has 0 aliphatic heterocycles. The molecule has 0 saturated heterocycles. The molecule has 0 fully saturated rings. The van der Waals surface area contributed by atoms with Crippen molar-refractivity contribution >= 4 is 5.91 Å². The fourth-order valence-electron chi connectivity index (χ4n) is 4.20. The maximum Gasteiger partial charge on any atom is 0.261 e. The predicted octanol–water partition coefficient (Wildman–Crippen LogP) is 5.55. The Balaban J connectivity index is 1.51. The Morgan fingerprint density at radius 3 is 2.37 bits per heavy atom. The van der Waals surface area contributed by atoms with Crippen LogP contribution in [-0.2, 0) is 17.6 Å². The molecule has 0 unspecified atom stereocenters. The van der Waals surface area contributed by atoms with E-state index >= 15 is 0 Å². The highest BCUT2D eigenvalue weighted by Gasteiger charge is 2.23. The zero-order valence-electron chi connectivity index (χ0n) is 17.7. The van der Waals surface area contributed by atoms with Gasteiger partial charge in [0.2, 0.25) is 0 Å². The Labute approximate surface area is 179 Å². The van der Waals surface area contributed by atoms with Crippen LogP contribution in [0.5, 0.6) is 5.75 Å². The highest BCUT2D eigenvalue weighted by molar-refractivity contribution is 5.81. The van der Waals surface area contributed by atoms with Crippen molar-refractivity contribution in [3.05, 3.63) is 101 Å². The van der Waals surface area contributed by atoms with Crippen LogP contribution in [0.25, 0.3) is 0 Å². The average molecular weight is 400 g/mol. The molecular formula is C27H29NO2. The van der Waals surface area contributed by atoms with E-state index in [2.05, 4.69) is 36.5 Å². The van der Waals surface area contributed by atoms with Crippen molar-refractivity contribution in [1.29, 1.82) is 0 Å². The lowest BCUT2D eigenvalue weighted by molar-refractivity contribution is -0.127. The molecule has 2 atom stereocenters. The van der Waals surface area contributed by atoms with E-state index in [0.717, 1.165) is 35.3 Å². The van der Waals surface area contributed by atoms with Gasteiger partial charge in [-0.25, -0.2) is 0 Å². The van der Waals surface area contributed by atoms with Gasteiger partial charge in [-0.2, -0.15) is 0 Å². The Morgan fingerprint density at radius 1 is 0.900 bits per heavy atom. The average Bonchev–Trinajstić information content (AvgIpc) is 2.78. The number of aryl methyl sites for hydroxylation is 3. The first-order valence-electron chi connectivity index (χ1n) is 10.8. The first kappa shape index (κ1) is 20.2. The van der Waals surface area contributed by atoms with Crippen LogP contribution in [0.15, 0.2) is 72.8 Å². The molecule has 30 heavy (non-hydrogen) atoms. The summed E-state index contributed by atoms with van der Waals surface area (Å²) in [6.07, 6.45) is 4.13. The lowest BCUT2D eigenvalue weighted by atomic mass is 9.92. The van der Waals surface area contributed by atoms with E-state index in [9.17, 15) is 4.79 Å². The first-order valence-corrected chi connectivity index (χ1v) is 10.8. The summed E-state index contributed by atoms with van der Waals surface area (Å²) in [5.41, 5.74) is 6.07. The number of hydrogen-bond donors (Lipinski definition) is 1. The van der Waals surface area contributed by atoms with Crippen molar-refractivity contribution in [3.8, 4) is 5.75 Å². The molecule has 1 amide bonds. The molecule has 3 nitrogen and oxygen atoms in total. The van der Waals surface area contributed by atoms with Crippen LogP contribution in [0.3, 0.4) is 0 Å². The van der Waals surface area contributed by atoms with Gasteiger partial charge in [0.25, 0.3) is 5.91 Å². The second-order valence-electron chi connectivity index (χ2n) is 8.11. The van der Waals surface area contributed by atoms with Gasteiger partial charge in [0.1, 0.15) is 5.75 Å². The van der Waals surface area contributed by atoms with Gasteiger partial charge < -0.3 is 10.1 Å². The fourth-order valence-corrected chi connectivity index (χ4v) is 4.20. The van der Waals surface area contributed by atoms with Crippen LogP contribution >= 0.6 is 0 Å². The highest BCUT2D eigenvalue weighted by atomic mass is 16.5. The van der Waals surface area contributed by atoms with Crippen molar-refractivity contribution in [2.75, 3.05) is 0 Å². The molecule has 0 aromatic heterocycles. The maximum atomic E-state index is 13.1. The maximum absolute atomic E-state index is 13.1. The van der Waals surface area contributed by atoms with Gasteiger partial charge >= 0.3 is 0 Å². The third-order valence-electron chi connectivity index (χ3n) is 5.92. The molecule has 1 aliphatic carbocycles. The van der Waals surface area contributed by atoms with Crippen molar-refractivity contribution in [1.82, 2.24) is 5.32 Å². The lowest BCUT2D eigenvalue weighted by Crippen LogP contribution is -2.39. The minimum Gasteiger partial charge on any atom is -0.481 e. The summed E-state index contributed by atoms with van der Waals surface area (Å²) in [5.74, 6) is 0.648. The number of hydrogen-bond acceptors (Lipinski definition) is 2. The second-order valence-corrected chi connectivity index (χ2v) is 8.11. The molecule has 3 aromatic rings. The van der Waals surface area contributed by atoms with Crippen LogP contribution in [0.1, 0.15) is 53.6 Å². The van der Waals surface area contributed by atoms with E-state index in [0.29, 0.717) is 0 Å². The summed E-state index contributed by atoms with van der Waals surface area (Å²) < 4.78 is 6.03. The number of benzene rings is 3. The third-order valence-corrected chi connectivity index (χ3v) is 5.92. The van der Waals surface area contributed by atoms with Crippen molar-refractivity contribution in [3.63, 3.8) is 0 Å². The lowest BCUT2D eigenvalue weighted by Gasteiger charge is -2.24. The van der Waals surface area contributed by atoms with Gasteiger partial charge in [-0.15, -0.1) is 0 Å². The summed E-state index contributed by atoms with van der Waals surface area (Å²) >= 11 is 0. The summed E-state index contributed by atoms with van der Waals surface area (Å²) in [6.45, 7) is 3.89. The third kappa shape index (κ3) is 4.56. The molecular weight excluding hydrogens is 370 g/mol. The quantitative estimate of drug-likeness (QED) is 0.590. The van der Waals surface area contributed by atoms with Gasteiger partial charge in [-0.05, 0) is 79.5 Å². The predicted molar refractivity (Wildman–Crippen MR) is 121 cm³/mol. The van der Waals surface area contributed by atoms with Crippen LogP contribution in [0.4, 0.5) is 0 Å². The molecule has 3 aromatic carbocycles. The van der Waals surface area contributed by atoms with Gasteiger partial charge in [0.05, 0.1) is 6.04 Å². The fraction of sp³-hybridized carbons (Fsp3) is 0.296. The van der Waals surface area contributed by atoms with Gasteiger partial charge in [0, 0.05) is 0 Å². The molecule has 1 N–H and O–H groups in total. The number of nitrogens with one attached hydrogen (secondary N) is 1. The second kappa shape index (κ2) is 9.17. The first-order chi connectivity index (χ1) is 14.6. The Bertz CT molecular complexity index is 1010. The van der Waals surface area contributed by atoms with Crippen molar-refractivity contribution < 1.29 is 9.53 Å². The number of carbonyl (C=O) groups is 1. The van der Waals surface area contributed by atoms with Gasteiger partial charge in [-0.1, -0.05) is 60.7 Å². The number of amides is 1. The Morgan fingerprint density at radius 2 is 1.60 bits per heavy atom. The smallest absolute Gasteiger partial charge is 0.261 e. The largest absolute Gasteiger partial charge is 0.481 e. The van der Waals surface area contributed by atoms with Crippen LogP contribution in [0.2, 0.25) is 0 Å². The summed E-state index contributed by atoms with van der Waals surface area (Å²) in [7, 11) is 0. The monoisotopic (exact) mass is 399 g/mol. The number of ether oxygens (including phenoxy) is 1. The molecule has 4 rings (SSSR count). The van der Waals surface area contributed by atoms with E-state index in [1.165, 1.54) is 24.0 Å². The van der Waals surface area contributed by atoms with Gasteiger partial charge in [0.15, 0.2) is 6.10 Å². The van der Waals surface area contributed by atoms with Crippen molar-refractivity contribution in [2.45, 2.75) is 51.7 Å². The van der Waals surface area contributed by atoms with E-state index in [-0.39, 0.29) is 11.9 Å². The highest BCUT2D eigenvalue weighted by Crippen LogP contribution is 2.27. The molecule has 154 valence electrons. The molecule has 0 spiro atoms. The zero-order chi connectivity index (χ0) is 20.9. The SMILES string of the molecule is Cc1ccccc1[C@H](NC(=O)[C@@H](C)Oc1ccc2c(c1)CCCC2)c1ccccc1. The zero-order valence-corrected chi connectivity index (χ0v) is 17.7. The molecule has 1 aliphatic rings. The Kier molecular flexibility index (Phi) is 6.18. The van der Waals surface area contributed by atoms with E-state index in [1.54, 1.807) is 0 Å². The minimum atomic E-state index is -0.582. The van der Waals surface area contributed by atoms with E-state index in [1.807, 2.05) is 55.5 Å². The van der Waals surface area contributed by atoms with Crippen molar-refractivity contribution in [2.24, 2.45) is 0 Å². The van der Waals surface area contributed by atoms with Crippen LogP contribution < -0.4 is 10.1 Å². The minimum absolute atomic E-state index is 0.121. The molecule has 3 heteroatoms. The molecule has 0 heterocycles. The summed E-state index contributed by atoms with van der Waals surface area (Å²) in [4.78, 5) is 13.1. The van der Waals surface area contributed by atoms with Crippen LogP contribution in [0, 0.1) is 6.92 Å². The Hall–Kier alpha value is -3.07. The molecule has 0 saturated carbocycles. The molecule has 0 bridgehead atoms. The summed E-state index contributed by atoms with van der Waals surface area (Å²) in [6, 6.07) is 24.3. The number of fused-ring (bicyclic) bond motifs is 1. The summed E-state index contributed by atoms with van der Waals surface area (Å²) in [5, 5.41) is 3.21. The normalized spacial score (nSPS) is 15.0. The topological polar surface area (TPSA) is 38.3 Å². The molecule has 0 radical (unpaired) electrons. The van der Waals surface area contributed by atoms with Gasteiger partial charge in [-0.3, -0.25) is 4.79 Å².